The molecule has 0 radical (unpaired) electrons. The van der Waals surface area contributed by atoms with Gasteiger partial charge in [0.15, 0.2) is 0 Å². The van der Waals surface area contributed by atoms with Crippen LogP contribution in [0.1, 0.15) is 24.5 Å². The Balaban J connectivity index is 1.32. The van der Waals surface area contributed by atoms with Crippen molar-refractivity contribution in [1.82, 2.24) is 15.0 Å². The van der Waals surface area contributed by atoms with Crippen molar-refractivity contribution in [3.63, 3.8) is 0 Å². The van der Waals surface area contributed by atoms with Crippen molar-refractivity contribution in [2.45, 2.75) is 26.7 Å². The molecule has 0 spiro atoms. The highest BCUT2D eigenvalue weighted by molar-refractivity contribution is 6.30. The number of ether oxygens (including phenoxy) is 3. The van der Waals surface area contributed by atoms with Gasteiger partial charge in [-0.05, 0) is 61.4 Å². The van der Waals surface area contributed by atoms with Crippen LogP contribution in [0, 0.1) is 6.92 Å². The zero-order valence-corrected chi connectivity index (χ0v) is 19.9. The summed E-state index contributed by atoms with van der Waals surface area (Å²) < 4.78 is 16.8. The molecule has 4 aromatic rings. The maximum Gasteiger partial charge on any atom is 0.310 e. The summed E-state index contributed by atoms with van der Waals surface area (Å²) in [5.41, 5.74) is 4.28. The average molecular weight is 480 g/mol. The first-order valence-corrected chi connectivity index (χ1v) is 11.5. The third-order valence-electron chi connectivity index (χ3n) is 5.14. The molecule has 8 heteroatoms. The molecule has 0 bridgehead atoms. The number of rotatable bonds is 10. The number of aromatic nitrogens is 3. The monoisotopic (exact) mass is 479 g/mol. The van der Waals surface area contributed by atoms with E-state index in [1.165, 1.54) is 0 Å². The van der Waals surface area contributed by atoms with Crippen LogP contribution >= 0.6 is 11.6 Å². The van der Waals surface area contributed by atoms with Gasteiger partial charge in [-0.25, -0.2) is 0 Å². The van der Waals surface area contributed by atoms with Crippen LogP contribution in [0.2, 0.25) is 5.02 Å². The molecule has 0 N–H and O–H groups in total. The van der Waals surface area contributed by atoms with E-state index in [1.54, 1.807) is 23.9 Å². The van der Waals surface area contributed by atoms with E-state index >= 15 is 0 Å². The van der Waals surface area contributed by atoms with Gasteiger partial charge in [-0.2, -0.15) is 0 Å². The number of hydrogen-bond acceptors (Lipinski definition) is 6. The number of esters is 1. The number of benzene rings is 3. The van der Waals surface area contributed by atoms with Gasteiger partial charge in [0.25, 0.3) is 0 Å². The van der Waals surface area contributed by atoms with Gasteiger partial charge in [0.2, 0.25) is 0 Å². The highest BCUT2D eigenvalue weighted by Crippen LogP contribution is 2.27. The molecule has 7 nitrogen and oxygen atoms in total. The van der Waals surface area contributed by atoms with Crippen molar-refractivity contribution in [1.29, 1.82) is 0 Å². The molecule has 3 aromatic carbocycles. The average Bonchev–Trinajstić information content (AvgIpc) is 3.26. The van der Waals surface area contributed by atoms with Crippen LogP contribution in [-0.4, -0.2) is 40.8 Å². The van der Waals surface area contributed by atoms with E-state index in [0.717, 1.165) is 27.9 Å². The molecule has 0 saturated heterocycles. The second-order valence-electron chi connectivity index (χ2n) is 7.72. The van der Waals surface area contributed by atoms with E-state index in [4.69, 9.17) is 25.8 Å². The number of carbonyl (C=O) groups excluding carboxylic acids is 1. The van der Waals surface area contributed by atoms with Crippen LogP contribution in [0.3, 0.4) is 0 Å². The van der Waals surface area contributed by atoms with Gasteiger partial charge in [0, 0.05) is 11.4 Å². The highest BCUT2D eigenvalue weighted by atomic mass is 35.5. The minimum Gasteiger partial charge on any atom is -0.493 e. The van der Waals surface area contributed by atoms with E-state index in [0.29, 0.717) is 42.7 Å². The zero-order chi connectivity index (χ0) is 23.9. The summed E-state index contributed by atoms with van der Waals surface area (Å²) >= 11 is 6.23. The molecule has 0 saturated carbocycles. The molecule has 0 aliphatic rings. The second kappa shape index (κ2) is 11.0. The Morgan fingerprint density at radius 2 is 1.79 bits per heavy atom. The van der Waals surface area contributed by atoms with Crippen molar-refractivity contribution in [2.75, 3.05) is 19.8 Å². The predicted molar refractivity (Wildman–Crippen MR) is 131 cm³/mol. The number of nitrogens with zero attached hydrogens (tertiary/aromatic N) is 3. The largest absolute Gasteiger partial charge is 0.493 e. The molecule has 0 amide bonds. The van der Waals surface area contributed by atoms with Crippen molar-refractivity contribution in [2.24, 2.45) is 0 Å². The summed E-state index contributed by atoms with van der Waals surface area (Å²) in [5, 5.41) is 9.77. The Morgan fingerprint density at radius 1 is 1.00 bits per heavy atom. The summed E-state index contributed by atoms with van der Waals surface area (Å²) in [6.45, 7) is 5.13. The first kappa shape index (κ1) is 23.6. The number of fused-ring (bicyclic) bond motifs is 1. The van der Waals surface area contributed by atoms with Crippen molar-refractivity contribution >= 4 is 28.6 Å². The number of aryl methyl sites for hydroxylation is 1. The van der Waals surface area contributed by atoms with E-state index in [1.807, 2.05) is 55.5 Å². The Labute approximate surface area is 203 Å². The molecule has 0 aliphatic heterocycles. The molecule has 0 unspecified atom stereocenters. The first-order valence-electron chi connectivity index (χ1n) is 11.2. The van der Waals surface area contributed by atoms with Crippen LogP contribution in [0.15, 0.2) is 60.7 Å². The minimum absolute atomic E-state index is 0.233. The predicted octanol–water partition coefficient (Wildman–Crippen LogP) is 5.34. The Kier molecular flexibility index (Phi) is 7.65. The maximum atomic E-state index is 11.6. The quantitative estimate of drug-likeness (QED) is 0.226. The van der Waals surface area contributed by atoms with E-state index in [-0.39, 0.29) is 12.4 Å². The summed E-state index contributed by atoms with van der Waals surface area (Å²) in [5.74, 6) is 1.15. The van der Waals surface area contributed by atoms with Gasteiger partial charge < -0.3 is 14.2 Å². The third-order valence-corrected chi connectivity index (χ3v) is 5.38. The SMILES string of the molecule is CCOC(=O)Cc1ccc(OCCCOc2ccc(Cl)cc2-n2nc3cccc(C)c3n2)cc1. The summed E-state index contributed by atoms with van der Waals surface area (Å²) in [6.07, 6.45) is 0.936. The fourth-order valence-electron chi connectivity index (χ4n) is 3.46. The van der Waals surface area contributed by atoms with Gasteiger partial charge in [0.05, 0.1) is 26.2 Å². The zero-order valence-electron chi connectivity index (χ0n) is 19.2. The Morgan fingerprint density at radius 3 is 2.56 bits per heavy atom. The van der Waals surface area contributed by atoms with E-state index in [2.05, 4.69) is 10.2 Å². The number of halogens is 1. The fraction of sp³-hybridized carbons (Fsp3) is 0.269. The summed E-state index contributed by atoms with van der Waals surface area (Å²) in [6, 6.07) is 18.7. The third kappa shape index (κ3) is 5.85. The van der Waals surface area contributed by atoms with Gasteiger partial charge in [-0.1, -0.05) is 35.9 Å². The molecule has 0 aliphatic carbocycles. The highest BCUT2D eigenvalue weighted by Gasteiger charge is 2.12. The molecular weight excluding hydrogens is 454 g/mol. The second-order valence-corrected chi connectivity index (χ2v) is 8.16. The summed E-state index contributed by atoms with van der Waals surface area (Å²) in [7, 11) is 0. The number of carbonyl (C=O) groups is 1. The molecular formula is C26H26ClN3O4. The lowest BCUT2D eigenvalue weighted by Gasteiger charge is -2.12. The van der Waals surface area contributed by atoms with Gasteiger partial charge in [-0.3, -0.25) is 4.79 Å². The van der Waals surface area contributed by atoms with E-state index in [9.17, 15) is 4.79 Å². The molecule has 34 heavy (non-hydrogen) atoms. The molecule has 4 rings (SSSR count). The van der Waals surface area contributed by atoms with Crippen molar-refractivity contribution in [3.8, 4) is 17.2 Å². The normalized spacial score (nSPS) is 10.9. The van der Waals surface area contributed by atoms with Gasteiger partial charge in [0.1, 0.15) is 28.2 Å². The van der Waals surface area contributed by atoms with Crippen LogP contribution in [0.4, 0.5) is 0 Å². The lowest BCUT2D eigenvalue weighted by molar-refractivity contribution is -0.142. The first-order chi connectivity index (χ1) is 16.5. The topological polar surface area (TPSA) is 75.5 Å². The smallest absolute Gasteiger partial charge is 0.310 e. The molecule has 1 heterocycles. The lowest BCUT2D eigenvalue weighted by atomic mass is 10.1. The summed E-state index contributed by atoms with van der Waals surface area (Å²) in [4.78, 5) is 13.1. The van der Waals surface area contributed by atoms with Gasteiger partial charge in [-0.15, -0.1) is 15.0 Å². The number of hydrogen-bond donors (Lipinski definition) is 0. The van der Waals surface area contributed by atoms with Gasteiger partial charge >= 0.3 is 5.97 Å². The molecule has 1 aromatic heterocycles. The minimum atomic E-state index is -0.233. The van der Waals surface area contributed by atoms with Crippen LogP contribution in [0.5, 0.6) is 11.5 Å². The Bertz CT molecular complexity index is 1270. The van der Waals surface area contributed by atoms with Crippen LogP contribution < -0.4 is 9.47 Å². The van der Waals surface area contributed by atoms with Crippen molar-refractivity contribution in [3.05, 3.63) is 76.8 Å². The molecule has 176 valence electrons. The van der Waals surface area contributed by atoms with E-state index < -0.39 is 0 Å². The molecule has 0 atom stereocenters. The lowest BCUT2D eigenvalue weighted by Crippen LogP contribution is -2.08. The fourth-order valence-corrected chi connectivity index (χ4v) is 3.63. The van der Waals surface area contributed by atoms with Crippen LogP contribution in [-0.2, 0) is 16.0 Å². The standard InChI is InChI=1S/C26H26ClN3O4/c1-3-32-25(31)16-19-8-11-21(12-9-19)33-14-5-15-34-24-13-10-20(27)17-23(24)30-28-22-7-4-6-18(2)26(22)29-30/h4,6-13,17H,3,5,14-16H2,1-2H3. The Hall–Kier alpha value is -3.58. The molecule has 0 fully saturated rings. The van der Waals surface area contributed by atoms with Crippen LogP contribution in [0.25, 0.3) is 16.7 Å². The van der Waals surface area contributed by atoms with Crippen molar-refractivity contribution < 1.29 is 19.0 Å². The maximum absolute atomic E-state index is 11.6.